The van der Waals surface area contributed by atoms with Gasteiger partial charge >= 0.3 is 0 Å². The second-order valence-electron chi connectivity index (χ2n) is 7.47. The Morgan fingerprint density at radius 3 is 2.26 bits per heavy atom. The molecule has 0 aromatic heterocycles. The van der Waals surface area contributed by atoms with Crippen molar-refractivity contribution in [2.45, 2.75) is 59.4 Å². The van der Waals surface area contributed by atoms with E-state index in [-0.39, 0.29) is 0 Å². The van der Waals surface area contributed by atoms with Gasteiger partial charge in [-0.05, 0) is 80.4 Å². The Hall–Kier alpha value is -1.29. The Kier molecular flexibility index (Phi) is 6.28. The van der Waals surface area contributed by atoms with Gasteiger partial charge in [0.2, 0.25) is 0 Å². The number of hydrogen-bond donors (Lipinski definition) is 2. The van der Waals surface area contributed by atoms with Gasteiger partial charge in [-0.3, -0.25) is 0 Å². The van der Waals surface area contributed by atoms with Crippen LogP contribution in [0, 0.1) is 11.3 Å². The van der Waals surface area contributed by atoms with Crippen molar-refractivity contribution in [3.05, 3.63) is 24.3 Å². The highest BCUT2D eigenvalue weighted by molar-refractivity contribution is 7.80. The molecule has 1 fully saturated rings. The summed E-state index contributed by atoms with van der Waals surface area (Å²) >= 11 is 5.45. The summed E-state index contributed by atoms with van der Waals surface area (Å²) in [5.74, 6) is 1.71. The van der Waals surface area contributed by atoms with Gasteiger partial charge in [-0.15, -0.1) is 0 Å². The minimum atomic E-state index is 0.423. The molecule has 2 N–H and O–H groups in total. The normalized spacial score (nSPS) is 21.6. The maximum atomic E-state index is 5.45. The summed E-state index contributed by atoms with van der Waals surface area (Å²) in [5, 5.41) is 7.45. The molecule has 0 spiro atoms. The summed E-state index contributed by atoms with van der Waals surface area (Å²) in [6.07, 6.45) is 4.97. The van der Waals surface area contributed by atoms with E-state index in [2.05, 4.69) is 31.4 Å². The van der Waals surface area contributed by atoms with Gasteiger partial charge in [0.05, 0.1) is 6.61 Å². The third kappa shape index (κ3) is 5.69. The monoisotopic (exact) mass is 334 g/mol. The van der Waals surface area contributed by atoms with Crippen LogP contribution in [-0.2, 0) is 0 Å². The molecule has 1 aromatic rings. The van der Waals surface area contributed by atoms with Crippen LogP contribution in [0.25, 0.3) is 0 Å². The second-order valence-corrected chi connectivity index (χ2v) is 7.88. The van der Waals surface area contributed by atoms with Gasteiger partial charge in [-0.2, -0.15) is 0 Å². The molecular weight excluding hydrogens is 304 g/mol. The molecule has 0 heterocycles. The molecule has 3 nitrogen and oxygen atoms in total. The lowest BCUT2D eigenvalue weighted by Gasteiger charge is -2.37. The van der Waals surface area contributed by atoms with Gasteiger partial charge in [0.15, 0.2) is 5.11 Å². The smallest absolute Gasteiger partial charge is 0.170 e. The van der Waals surface area contributed by atoms with E-state index in [9.17, 15) is 0 Å². The lowest BCUT2D eigenvalue weighted by atomic mass is 9.71. The van der Waals surface area contributed by atoms with Crippen LogP contribution in [0.5, 0.6) is 5.75 Å². The van der Waals surface area contributed by atoms with Gasteiger partial charge in [0.25, 0.3) is 0 Å². The predicted molar refractivity (Wildman–Crippen MR) is 102 cm³/mol. The molecule has 0 amide bonds. The molecule has 2 rings (SSSR count). The summed E-state index contributed by atoms with van der Waals surface area (Å²) in [7, 11) is 0. The molecule has 0 atom stereocenters. The highest BCUT2D eigenvalue weighted by Crippen LogP contribution is 2.37. The molecule has 0 saturated heterocycles. The molecule has 1 aromatic carbocycles. The Labute approximate surface area is 146 Å². The highest BCUT2D eigenvalue weighted by Gasteiger charge is 2.29. The van der Waals surface area contributed by atoms with Crippen molar-refractivity contribution in [3.63, 3.8) is 0 Å². The van der Waals surface area contributed by atoms with E-state index < -0.39 is 0 Å². The van der Waals surface area contributed by atoms with Crippen LogP contribution in [0.2, 0.25) is 0 Å². The second kappa shape index (κ2) is 8.00. The highest BCUT2D eigenvalue weighted by atomic mass is 32.1. The fourth-order valence-electron chi connectivity index (χ4n) is 3.26. The number of nitrogens with one attached hydrogen (secondary N) is 2. The summed E-state index contributed by atoms with van der Waals surface area (Å²) in [6, 6.07) is 8.41. The minimum absolute atomic E-state index is 0.423. The van der Waals surface area contributed by atoms with E-state index >= 15 is 0 Å². The van der Waals surface area contributed by atoms with Crippen molar-refractivity contribution < 1.29 is 4.74 Å². The van der Waals surface area contributed by atoms with Crippen LogP contribution in [-0.4, -0.2) is 17.8 Å². The number of rotatable bonds is 4. The lowest BCUT2D eigenvalue weighted by Crippen LogP contribution is -2.41. The van der Waals surface area contributed by atoms with E-state index in [1.807, 2.05) is 31.2 Å². The van der Waals surface area contributed by atoms with E-state index in [4.69, 9.17) is 17.0 Å². The number of benzene rings is 1. The molecule has 0 aliphatic heterocycles. The Balaban J connectivity index is 1.77. The Morgan fingerprint density at radius 2 is 1.74 bits per heavy atom. The van der Waals surface area contributed by atoms with E-state index in [0.29, 0.717) is 23.2 Å². The average molecular weight is 335 g/mol. The van der Waals surface area contributed by atoms with Gasteiger partial charge in [0.1, 0.15) is 5.75 Å². The van der Waals surface area contributed by atoms with Crippen molar-refractivity contribution in [2.75, 3.05) is 11.9 Å². The number of ether oxygens (including phenoxy) is 1. The van der Waals surface area contributed by atoms with Crippen LogP contribution in [0.1, 0.15) is 53.4 Å². The molecule has 1 aliphatic rings. The largest absolute Gasteiger partial charge is 0.494 e. The zero-order valence-corrected chi connectivity index (χ0v) is 15.6. The van der Waals surface area contributed by atoms with Gasteiger partial charge in [-0.1, -0.05) is 20.8 Å². The van der Waals surface area contributed by atoms with Crippen molar-refractivity contribution in [1.82, 2.24) is 5.32 Å². The standard InChI is InChI=1S/C19H30N2OS/c1-5-22-17-12-10-16(11-13-17)21-18(23)20-15-8-6-14(7-9-15)19(2,3)4/h10-15H,5-9H2,1-4H3,(H2,20,21,23). The molecule has 0 radical (unpaired) electrons. The summed E-state index contributed by atoms with van der Waals surface area (Å²) in [4.78, 5) is 0. The van der Waals surface area contributed by atoms with E-state index in [1.54, 1.807) is 0 Å². The van der Waals surface area contributed by atoms with Gasteiger partial charge in [-0.25, -0.2) is 0 Å². The summed E-state index contributed by atoms with van der Waals surface area (Å²) in [6.45, 7) is 9.72. The van der Waals surface area contributed by atoms with Crippen LogP contribution in [0.3, 0.4) is 0 Å². The fraction of sp³-hybridized carbons (Fsp3) is 0.632. The minimum Gasteiger partial charge on any atom is -0.494 e. The maximum absolute atomic E-state index is 5.45. The fourth-order valence-corrected chi connectivity index (χ4v) is 3.54. The molecule has 1 saturated carbocycles. The first-order chi connectivity index (χ1) is 10.9. The molecule has 1 aliphatic carbocycles. The number of anilines is 1. The van der Waals surface area contributed by atoms with Crippen molar-refractivity contribution in [3.8, 4) is 5.75 Å². The molecule has 0 unspecified atom stereocenters. The average Bonchev–Trinajstić information content (AvgIpc) is 2.49. The third-order valence-electron chi connectivity index (χ3n) is 4.71. The Bertz CT molecular complexity index is 499. The first-order valence-corrected chi connectivity index (χ1v) is 9.09. The SMILES string of the molecule is CCOc1ccc(NC(=S)NC2CCC(C(C)(C)C)CC2)cc1. The van der Waals surface area contributed by atoms with Crippen molar-refractivity contribution in [1.29, 1.82) is 0 Å². The van der Waals surface area contributed by atoms with Crippen LogP contribution in [0.15, 0.2) is 24.3 Å². The zero-order chi connectivity index (χ0) is 16.9. The molecule has 23 heavy (non-hydrogen) atoms. The number of thiocarbonyl (C=S) groups is 1. The zero-order valence-electron chi connectivity index (χ0n) is 14.8. The molecule has 128 valence electrons. The number of hydrogen-bond acceptors (Lipinski definition) is 2. The predicted octanol–water partition coefficient (Wildman–Crippen LogP) is 4.98. The first-order valence-electron chi connectivity index (χ1n) is 8.69. The lowest BCUT2D eigenvalue weighted by molar-refractivity contribution is 0.166. The van der Waals surface area contributed by atoms with Crippen LogP contribution < -0.4 is 15.4 Å². The van der Waals surface area contributed by atoms with Gasteiger partial charge < -0.3 is 15.4 Å². The Morgan fingerprint density at radius 1 is 1.13 bits per heavy atom. The summed E-state index contributed by atoms with van der Waals surface area (Å²) in [5.41, 5.74) is 1.42. The topological polar surface area (TPSA) is 33.3 Å². The van der Waals surface area contributed by atoms with Crippen molar-refractivity contribution in [2.24, 2.45) is 11.3 Å². The summed E-state index contributed by atoms with van der Waals surface area (Å²) < 4.78 is 5.45. The first kappa shape index (κ1) is 18.1. The maximum Gasteiger partial charge on any atom is 0.170 e. The van der Waals surface area contributed by atoms with Crippen LogP contribution in [0.4, 0.5) is 5.69 Å². The van der Waals surface area contributed by atoms with E-state index in [1.165, 1.54) is 25.7 Å². The van der Waals surface area contributed by atoms with Gasteiger partial charge in [0, 0.05) is 11.7 Å². The molecule has 0 bridgehead atoms. The van der Waals surface area contributed by atoms with Crippen LogP contribution >= 0.6 is 12.2 Å². The third-order valence-corrected chi connectivity index (χ3v) is 4.93. The quantitative estimate of drug-likeness (QED) is 0.761. The van der Waals surface area contributed by atoms with Crippen molar-refractivity contribution >= 4 is 23.0 Å². The molecule has 4 heteroatoms. The van der Waals surface area contributed by atoms with E-state index in [0.717, 1.165) is 17.4 Å². The molecular formula is C19H30N2OS.